The van der Waals surface area contributed by atoms with Crippen LogP contribution in [0.4, 0.5) is 11.4 Å². The van der Waals surface area contributed by atoms with Crippen LogP contribution in [0.2, 0.25) is 5.02 Å². The Labute approximate surface area is 247 Å². The van der Waals surface area contributed by atoms with Gasteiger partial charge in [0.15, 0.2) is 6.61 Å². The molecule has 8 heteroatoms. The Kier molecular flexibility index (Phi) is 6.21. The van der Waals surface area contributed by atoms with E-state index < -0.39 is 30.3 Å². The molecule has 8 rings (SSSR count). The third kappa shape index (κ3) is 4.03. The number of rotatable bonds is 5. The van der Waals surface area contributed by atoms with Crippen molar-refractivity contribution in [1.29, 1.82) is 0 Å². The van der Waals surface area contributed by atoms with Gasteiger partial charge in [-0.05, 0) is 71.1 Å². The third-order valence-corrected chi connectivity index (χ3v) is 9.01. The maximum Gasteiger partial charge on any atom is 0.338 e. The average molecular weight is 577 g/mol. The molecule has 42 heavy (non-hydrogen) atoms. The molecule has 1 aliphatic heterocycles. The van der Waals surface area contributed by atoms with Gasteiger partial charge in [0.05, 0.1) is 23.1 Å². The van der Waals surface area contributed by atoms with Gasteiger partial charge in [-0.1, -0.05) is 66.2 Å². The number of carbonyl (C=O) groups excluding carboxylic acids is 4. The fraction of sp³-hybridized carbons (Fsp3) is 0.176. The first-order chi connectivity index (χ1) is 20.3. The molecular weight excluding hydrogens is 552 g/mol. The van der Waals surface area contributed by atoms with Gasteiger partial charge >= 0.3 is 5.97 Å². The van der Waals surface area contributed by atoms with Gasteiger partial charge in [-0.15, -0.1) is 0 Å². The molecule has 7 nitrogen and oxygen atoms in total. The summed E-state index contributed by atoms with van der Waals surface area (Å²) in [5, 5.41) is 3.15. The zero-order chi connectivity index (χ0) is 29.1. The molecule has 4 aromatic rings. The minimum absolute atomic E-state index is 0.190. The number of nitrogens with one attached hydrogen (secondary N) is 1. The van der Waals surface area contributed by atoms with E-state index >= 15 is 0 Å². The molecule has 0 aromatic heterocycles. The highest BCUT2D eigenvalue weighted by atomic mass is 35.5. The zero-order valence-corrected chi connectivity index (χ0v) is 23.3. The van der Waals surface area contributed by atoms with E-state index in [2.05, 4.69) is 29.6 Å². The number of amides is 3. The number of aryl methyl sites for hydroxylation is 1. The number of anilines is 2. The van der Waals surface area contributed by atoms with Crippen molar-refractivity contribution in [3.05, 3.63) is 129 Å². The van der Waals surface area contributed by atoms with Crippen molar-refractivity contribution in [3.8, 4) is 0 Å². The van der Waals surface area contributed by atoms with Crippen molar-refractivity contribution in [1.82, 2.24) is 0 Å². The number of benzene rings is 4. The number of carbonyl (C=O) groups is 4. The van der Waals surface area contributed by atoms with Crippen molar-refractivity contribution < 1.29 is 23.9 Å². The van der Waals surface area contributed by atoms with E-state index in [4.69, 9.17) is 16.3 Å². The van der Waals surface area contributed by atoms with Crippen LogP contribution in [0.25, 0.3) is 0 Å². The van der Waals surface area contributed by atoms with Gasteiger partial charge in [0.25, 0.3) is 5.91 Å². The Balaban J connectivity index is 1.08. The van der Waals surface area contributed by atoms with Crippen LogP contribution >= 0.6 is 11.6 Å². The Hall–Kier alpha value is -4.75. The average Bonchev–Trinajstić information content (AvgIpc) is 3.28. The maximum absolute atomic E-state index is 13.9. The van der Waals surface area contributed by atoms with Gasteiger partial charge in [-0.25, -0.2) is 9.69 Å². The normalized spacial score (nSPS) is 21.4. The molecule has 1 saturated heterocycles. The lowest BCUT2D eigenvalue weighted by atomic mass is 9.55. The molecule has 1 fully saturated rings. The first-order valence-electron chi connectivity index (χ1n) is 13.7. The first kappa shape index (κ1) is 26.2. The predicted molar refractivity (Wildman–Crippen MR) is 158 cm³/mol. The number of nitrogens with zero attached hydrogens (tertiary/aromatic N) is 1. The Morgan fingerprint density at radius 2 is 1.31 bits per heavy atom. The number of imide groups is 1. The summed E-state index contributed by atoms with van der Waals surface area (Å²) in [6.45, 7) is 1.37. The molecule has 4 aliphatic rings. The number of halogens is 1. The van der Waals surface area contributed by atoms with E-state index in [9.17, 15) is 19.2 Å². The summed E-state index contributed by atoms with van der Waals surface area (Å²) >= 11 is 6.10. The summed E-state index contributed by atoms with van der Waals surface area (Å²) in [6.07, 6.45) is 0. The predicted octanol–water partition coefficient (Wildman–Crippen LogP) is 5.84. The molecule has 0 spiro atoms. The van der Waals surface area contributed by atoms with Crippen LogP contribution in [0.1, 0.15) is 50.0 Å². The van der Waals surface area contributed by atoms with Gasteiger partial charge in [-0.3, -0.25) is 14.4 Å². The highest BCUT2D eigenvalue weighted by molar-refractivity contribution is 6.31. The molecule has 208 valence electrons. The SMILES string of the molecule is Cc1ccc(NC(=O)COC(=O)c2ccc(N3C(=O)[C@H]4C5c6ccccc6C(c6ccccc65)[C@@H]4C3=O)cc2)cc1Cl. The summed E-state index contributed by atoms with van der Waals surface area (Å²) in [4.78, 5) is 54.0. The fourth-order valence-electron chi connectivity index (χ4n) is 6.76. The molecule has 0 unspecified atom stereocenters. The van der Waals surface area contributed by atoms with Crippen LogP contribution in [0, 0.1) is 18.8 Å². The molecule has 1 heterocycles. The maximum atomic E-state index is 13.9. The monoisotopic (exact) mass is 576 g/mol. The molecular formula is C34H25ClN2O5. The van der Waals surface area contributed by atoms with E-state index in [0.29, 0.717) is 16.4 Å². The summed E-state index contributed by atoms with van der Waals surface area (Å²) < 4.78 is 5.18. The molecule has 4 aromatic carbocycles. The Morgan fingerprint density at radius 3 is 1.81 bits per heavy atom. The highest BCUT2D eigenvalue weighted by Gasteiger charge is 2.61. The molecule has 3 amide bonds. The summed E-state index contributed by atoms with van der Waals surface area (Å²) in [5.74, 6) is -3.02. The topological polar surface area (TPSA) is 92.8 Å². The van der Waals surface area contributed by atoms with Gasteiger partial charge in [-0.2, -0.15) is 0 Å². The minimum Gasteiger partial charge on any atom is -0.452 e. The second kappa shape index (κ2) is 9.96. The largest absolute Gasteiger partial charge is 0.452 e. The molecule has 0 radical (unpaired) electrons. The van der Waals surface area contributed by atoms with E-state index in [1.165, 1.54) is 17.0 Å². The van der Waals surface area contributed by atoms with E-state index in [1.54, 1.807) is 30.3 Å². The van der Waals surface area contributed by atoms with Crippen LogP contribution in [0.5, 0.6) is 0 Å². The van der Waals surface area contributed by atoms with Crippen molar-refractivity contribution in [2.45, 2.75) is 18.8 Å². The van der Waals surface area contributed by atoms with Crippen LogP contribution < -0.4 is 10.2 Å². The lowest BCUT2D eigenvalue weighted by molar-refractivity contribution is -0.122. The molecule has 2 bridgehead atoms. The first-order valence-corrected chi connectivity index (χ1v) is 14.1. The number of hydrogen-bond donors (Lipinski definition) is 1. The van der Waals surface area contributed by atoms with Crippen molar-refractivity contribution in [2.24, 2.45) is 11.8 Å². The number of ether oxygens (including phenoxy) is 1. The molecule has 3 aliphatic carbocycles. The van der Waals surface area contributed by atoms with E-state index in [0.717, 1.165) is 27.8 Å². The summed E-state index contributed by atoms with van der Waals surface area (Å²) in [6, 6.07) is 27.4. The van der Waals surface area contributed by atoms with Gasteiger partial charge < -0.3 is 10.1 Å². The zero-order valence-electron chi connectivity index (χ0n) is 22.5. The molecule has 1 N–H and O–H groups in total. The van der Waals surface area contributed by atoms with Gasteiger partial charge in [0, 0.05) is 22.5 Å². The summed E-state index contributed by atoms with van der Waals surface area (Å²) in [7, 11) is 0. The second-order valence-corrected chi connectivity index (χ2v) is 11.3. The standard InChI is InChI=1S/C34H25ClN2O5/c1-18-10-13-20(16-26(18)35)36-27(38)17-42-34(41)19-11-14-21(15-12-19)37-32(39)30-28-22-6-2-3-7-23(22)29(31(30)33(37)40)25-9-5-4-8-24(25)28/h2-16,28-31H,17H2,1H3,(H,36,38)/t28?,29?,30-,31-/m0/s1. The van der Waals surface area contributed by atoms with Crippen LogP contribution in [0.15, 0.2) is 91.0 Å². The lowest BCUT2D eigenvalue weighted by Gasteiger charge is -2.45. The molecule has 0 saturated carbocycles. The Bertz CT molecular complexity index is 1680. The van der Waals surface area contributed by atoms with Crippen LogP contribution in [-0.2, 0) is 19.1 Å². The van der Waals surface area contributed by atoms with Gasteiger partial charge in [0.1, 0.15) is 0 Å². The van der Waals surface area contributed by atoms with Gasteiger partial charge in [0.2, 0.25) is 11.8 Å². The third-order valence-electron chi connectivity index (χ3n) is 8.60. The van der Waals surface area contributed by atoms with E-state index in [-0.39, 0.29) is 29.2 Å². The van der Waals surface area contributed by atoms with Crippen LogP contribution in [0.3, 0.4) is 0 Å². The summed E-state index contributed by atoms with van der Waals surface area (Å²) in [5.41, 5.74) is 6.41. The quantitative estimate of drug-likeness (QED) is 0.238. The smallest absolute Gasteiger partial charge is 0.338 e. The lowest BCUT2D eigenvalue weighted by Crippen LogP contribution is -2.41. The Morgan fingerprint density at radius 1 is 0.786 bits per heavy atom. The minimum atomic E-state index is -0.699. The van der Waals surface area contributed by atoms with Crippen LogP contribution in [-0.4, -0.2) is 30.3 Å². The second-order valence-electron chi connectivity index (χ2n) is 10.9. The highest BCUT2D eigenvalue weighted by Crippen LogP contribution is 2.61. The number of esters is 1. The van der Waals surface area contributed by atoms with Crippen molar-refractivity contribution in [2.75, 3.05) is 16.8 Å². The molecule has 2 atom stereocenters. The van der Waals surface area contributed by atoms with Crippen molar-refractivity contribution in [3.63, 3.8) is 0 Å². The van der Waals surface area contributed by atoms with Crippen molar-refractivity contribution >= 4 is 46.7 Å². The van der Waals surface area contributed by atoms with E-state index in [1.807, 2.05) is 31.2 Å². The number of hydrogen-bond acceptors (Lipinski definition) is 5. The fourth-order valence-corrected chi connectivity index (χ4v) is 6.94.